The average molecular weight is 85.9 g/mol. The van der Waals surface area contributed by atoms with Gasteiger partial charge in [-0.15, -0.1) is 0 Å². The molecule has 1 aliphatic heterocycles. The number of hydrogen-bond acceptors (Lipinski definition) is 3. The molecule has 1 aliphatic rings. The summed E-state index contributed by atoms with van der Waals surface area (Å²) >= 11 is 0. The van der Waals surface area contributed by atoms with Crippen molar-refractivity contribution in [3.8, 4) is 0 Å². The SMILES string of the molecule is O=C1COBO1. The summed E-state index contributed by atoms with van der Waals surface area (Å²) in [5.74, 6) is -0.269. The van der Waals surface area contributed by atoms with Crippen LogP contribution in [0.2, 0.25) is 0 Å². The van der Waals surface area contributed by atoms with Crippen LogP contribution in [0.25, 0.3) is 0 Å². The second-order valence-corrected chi connectivity index (χ2v) is 0.983. The van der Waals surface area contributed by atoms with Crippen molar-refractivity contribution in [2.24, 2.45) is 0 Å². The quantitative estimate of drug-likeness (QED) is 0.348. The Hall–Kier alpha value is -0.505. The summed E-state index contributed by atoms with van der Waals surface area (Å²) in [4.78, 5) is 9.90. The molecule has 0 saturated carbocycles. The molecule has 1 fully saturated rings. The molecule has 3 nitrogen and oxygen atoms in total. The highest BCUT2D eigenvalue weighted by Crippen LogP contribution is 1.86. The molecule has 6 heavy (non-hydrogen) atoms. The zero-order valence-corrected chi connectivity index (χ0v) is 3.14. The van der Waals surface area contributed by atoms with Gasteiger partial charge >= 0.3 is 13.7 Å². The van der Waals surface area contributed by atoms with Gasteiger partial charge < -0.3 is 9.31 Å². The molecule has 0 spiro atoms. The molecule has 0 aromatic carbocycles. The molecule has 32 valence electrons. The minimum Gasteiger partial charge on any atom is -0.510 e. The predicted molar refractivity (Wildman–Crippen MR) is 19.2 cm³/mol. The molecule has 0 radical (unpaired) electrons. The largest absolute Gasteiger partial charge is 0.510 e. The molecule has 1 heterocycles. The van der Waals surface area contributed by atoms with Gasteiger partial charge in [0.2, 0.25) is 0 Å². The van der Waals surface area contributed by atoms with Crippen LogP contribution < -0.4 is 0 Å². The van der Waals surface area contributed by atoms with Crippen LogP contribution in [0.15, 0.2) is 0 Å². The fourth-order valence-electron chi connectivity index (χ4n) is 0.274. The van der Waals surface area contributed by atoms with Gasteiger partial charge in [-0.05, 0) is 0 Å². The molecule has 0 aliphatic carbocycles. The normalized spacial score (nSPS) is 19.7. The van der Waals surface area contributed by atoms with Crippen molar-refractivity contribution in [3.05, 3.63) is 0 Å². The summed E-state index contributed by atoms with van der Waals surface area (Å²) in [6.45, 7) is 0.125. The van der Waals surface area contributed by atoms with E-state index >= 15 is 0 Å². The van der Waals surface area contributed by atoms with E-state index in [1.807, 2.05) is 0 Å². The maximum absolute atomic E-state index is 9.90. The number of carbonyl (C=O) groups excluding carboxylic acids is 1. The average Bonchev–Trinajstić information content (AvgIpc) is 1.86. The van der Waals surface area contributed by atoms with Crippen LogP contribution >= 0.6 is 0 Å². The van der Waals surface area contributed by atoms with E-state index in [9.17, 15) is 4.79 Å². The molecule has 0 atom stereocenters. The zero-order valence-electron chi connectivity index (χ0n) is 3.14. The summed E-state index contributed by atoms with van der Waals surface area (Å²) in [6, 6.07) is 0. The van der Waals surface area contributed by atoms with E-state index in [2.05, 4.69) is 9.31 Å². The molecule has 0 bridgehead atoms. The van der Waals surface area contributed by atoms with Crippen molar-refractivity contribution in [2.45, 2.75) is 0 Å². The van der Waals surface area contributed by atoms with E-state index in [-0.39, 0.29) is 20.3 Å². The van der Waals surface area contributed by atoms with Gasteiger partial charge in [0.05, 0.1) is 0 Å². The Labute approximate surface area is 35.5 Å². The summed E-state index contributed by atoms with van der Waals surface area (Å²) in [6.07, 6.45) is 0. The molecule has 4 heteroatoms. The van der Waals surface area contributed by atoms with Gasteiger partial charge in [0, 0.05) is 0 Å². The topological polar surface area (TPSA) is 35.5 Å². The standard InChI is InChI=1S/C2H3BO3/c4-2-1-5-3-6-2/h3H,1H2. The highest BCUT2D eigenvalue weighted by Gasteiger charge is 2.11. The van der Waals surface area contributed by atoms with Crippen LogP contribution in [0, 0.1) is 0 Å². The van der Waals surface area contributed by atoms with Crippen molar-refractivity contribution in [1.82, 2.24) is 0 Å². The Morgan fingerprint density at radius 3 is 2.83 bits per heavy atom. The predicted octanol–water partition coefficient (Wildman–Crippen LogP) is -1.17. The van der Waals surface area contributed by atoms with Gasteiger partial charge in [0.1, 0.15) is 6.61 Å². The van der Waals surface area contributed by atoms with Crippen molar-refractivity contribution < 1.29 is 14.1 Å². The maximum atomic E-state index is 9.90. The van der Waals surface area contributed by atoms with Crippen LogP contribution in [0.3, 0.4) is 0 Å². The molecule has 0 N–H and O–H groups in total. The lowest BCUT2D eigenvalue weighted by Crippen LogP contribution is -1.95. The van der Waals surface area contributed by atoms with Gasteiger partial charge in [-0.1, -0.05) is 0 Å². The molecule has 0 unspecified atom stereocenters. The molecule has 0 aromatic heterocycles. The van der Waals surface area contributed by atoms with E-state index in [4.69, 9.17) is 0 Å². The Balaban J connectivity index is 2.37. The van der Waals surface area contributed by atoms with Crippen LogP contribution in [0.4, 0.5) is 0 Å². The smallest absolute Gasteiger partial charge is 0.509 e. The van der Waals surface area contributed by atoms with E-state index < -0.39 is 0 Å². The molecule has 1 saturated heterocycles. The van der Waals surface area contributed by atoms with Crippen LogP contribution in [-0.2, 0) is 14.1 Å². The minimum absolute atomic E-state index is 0.125. The third kappa shape index (κ3) is 0.516. The lowest BCUT2D eigenvalue weighted by atomic mass is 10.4. The molecule has 1 rings (SSSR count). The van der Waals surface area contributed by atoms with Gasteiger partial charge in [-0.2, -0.15) is 0 Å². The fourth-order valence-corrected chi connectivity index (χ4v) is 0.274. The molecule has 0 aromatic rings. The summed E-state index contributed by atoms with van der Waals surface area (Å²) in [5, 5.41) is 0. The summed E-state index contributed by atoms with van der Waals surface area (Å²) in [7, 11) is 0.138. The zero-order chi connectivity index (χ0) is 4.41. The number of carbonyl (C=O) groups is 1. The molecular formula is C2H3BO3. The first-order valence-corrected chi connectivity index (χ1v) is 1.63. The highest BCUT2D eigenvalue weighted by atomic mass is 16.7. The first-order valence-electron chi connectivity index (χ1n) is 1.63. The van der Waals surface area contributed by atoms with Crippen molar-refractivity contribution in [2.75, 3.05) is 6.61 Å². The van der Waals surface area contributed by atoms with Gasteiger partial charge in [0.15, 0.2) is 0 Å². The van der Waals surface area contributed by atoms with E-state index in [0.29, 0.717) is 0 Å². The van der Waals surface area contributed by atoms with Gasteiger partial charge in [-0.25, -0.2) is 0 Å². The summed E-state index contributed by atoms with van der Waals surface area (Å²) in [5.41, 5.74) is 0. The minimum atomic E-state index is -0.269. The van der Waals surface area contributed by atoms with Crippen molar-refractivity contribution in [1.29, 1.82) is 0 Å². The number of hydrogen-bond donors (Lipinski definition) is 0. The maximum Gasteiger partial charge on any atom is 0.509 e. The lowest BCUT2D eigenvalue weighted by molar-refractivity contribution is -0.132. The number of rotatable bonds is 0. The third-order valence-electron chi connectivity index (χ3n) is 0.523. The van der Waals surface area contributed by atoms with Crippen molar-refractivity contribution >= 4 is 13.7 Å². The van der Waals surface area contributed by atoms with Crippen LogP contribution in [-0.4, -0.2) is 20.3 Å². The van der Waals surface area contributed by atoms with E-state index in [1.54, 1.807) is 0 Å². The monoisotopic (exact) mass is 86.0 g/mol. The second-order valence-electron chi connectivity index (χ2n) is 0.983. The lowest BCUT2D eigenvalue weighted by Gasteiger charge is -1.77. The Bertz CT molecular complexity index is 63.2. The fraction of sp³-hybridized carbons (Fsp3) is 0.500. The van der Waals surface area contributed by atoms with Crippen LogP contribution in [0.1, 0.15) is 0 Å². The van der Waals surface area contributed by atoms with Crippen molar-refractivity contribution in [3.63, 3.8) is 0 Å². The Kier molecular flexibility index (Phi) is 0.798. The Morgan fingerprint density at radius 2 is 2.67 bits per heavy atom. The van der Waals surface area contributed by atoms with E-state index in [1.165, 1.54) is 0 Å². The molecular weight excluding hydrogens is 82.8 g/mol. The second kappa shape index (κ2) is 1.30. The van der Waals surface area contributed by atoms with Gasteiger partial charge in [0.25, 0.3) is 0 Å². The highest BCUT2D eigenvalue weighted by molar-refractivity contribution is 6.25. The molecule has 0 amide bonds. The third-order valence-corrected chi connectivity index (χ3v) is 0.523. The van der Waals surface area contributed by atoms with Crippen LogP contribution in [0.5, 0.6) is 0 Å². The Morgan fingerprint density at radius 1 is 1.83 bits per heavy atom. The van der Waals surface area contributed by atoms with E-state index in [0.717, 1.165) is 0 Å². The summed E-state index contributed by atoms with van der Waals surface area (Å²) < 4.78 is 8.78. The first-order chi connectivity index (χ1) is 2.89. The van der Waals surface area contributed by atoms with Gasteiger partial charge in [-0.3, -0.25) is 4.79 Å². The first kappa shape index (κ1) is 3.68.